The summed E-state index contributed by atoms with van der Waals surface area (Å²) in [5, 5.41) is 7.01. The minimum absolute atomic E-state index is 0. The number of halogens is 1. The zero-order chi connectivity index (χ0) is 19.6. The van der Waals surface area contributed by atoms with Gasteiger partial charge in [0.1, 0.15) is 0 Å². The van der Waals surface area contributed by atoms with Gasteiger partial charge in [0.2, 0.25) is 0 Å². The van der Waals surface area contributed by atoms with Gasteiger partial charge in [-0.2, -0.15) is 0 Å². The normalized spacial score (nSPS) is 22.6. The molecule has 2 N–H and O–H groups in total. The van der Waals surface area contributed by atoms with Crippen molar-refractivity contribution in [2.45, 2.75) is 39.8 Å². The predicted molar refractivity (Wildman–Crippen MR) is 129 cm³/mol. The number of ether oxygens (including phenoxy) is 1. The molecular weight excluding hydrogens is 467 g/mol. The highest BCUT2D eigenvalue weighted by Crippen LogP contribution is 2.12. The molecule has 2 aliphatic rings. The molecule has 2 fully saturated rings. The Bertz CT molecular complexity index is 436. The zero-order valence-electron chi connectivity index (χ0n) is 18.6. The zero-order valence-corrected chi connectivity index (χ0v) is 20.9. The van der Waals surface area contributed by atoms with Crippen LogP contribution in [0.15, 0.2) is 4.99 Å². The van der Waals surface area contributed by atoms with E-state index in [2.05, 4.69) is 60.1 Å². The molecule has 0 radical (unpaired) electrons. The van der Waals surface area contributed by atoms with Gasteiger partial charge < -0.3 is 20.3 Å². The molecule has 2 saturated heterocycles. The van der Waals surface area contributed by atoms with E-state index in [9.17, 15) is 0 Å². The molecule has 2 atom stereocenters. The van der Waals surface area contributed by atoms with E-state index >= 15 is 0 Å². The van der Waals surface area contributed by atoms with Crippen LogP contribution in [0, 0.1) is 5.92 Å². The van der Waals surface area contributed by atoms with Crippen molar-refractivity contribution < 1.29 is 4.74 Å². The Morgan fingerprint density at radius 2 is 1.61 bits per heavy atom. The topological polar surface area (TPSA) is 55.4 Å². The molecule has 0 bridgehead atoms. The van der Waals surface area contributed by atoms with Crippen LogP contribution in [-0.4, -0.2) is 112 Å². The molecule has 2 rings (SSSR count). The first-order valence-corrected chi connectivity index (χ1v) is 10.8. The fourth-order valence-corrected chi connectivity index (χ4v) is 3.84. The third kappa shape index (κ3) is 8.69. The average molecular weight is 511 g/mol. The average Bonchev–Trinajstić information content (AvgIpc) is 2.67. The third-order valence-electron chi connectivity index (χ3n) is 5.78. The van der Waals surface area contributed by atoms with Crippen molar-refractivity contribution in [3.63, 3.8) is 0 Å². The summed E-state index contributed by atoms with van der Waals surface area (Å²) in [4.78, 5) is 12.4. The molecule has 166 valence electrons. The molecule has 0 spiro atoms. The summed E-state index contributed by atoms with van der Waals surface area (Å²) in [5.41, 5.74) is 0. The molecule has 8 heteroatoms. The van der Waals surface area contributed by atoms with Crippen LogP contribution in [0.1, 0.15) is 27.7 Å². The maximum absolute atomic E-state index is 5.52. The minimum Gasteiger partial charge on any atom is -0.379 e. The fraction of sp³-hybridized carbons (Fsp3) is 0.950. The van der Waals surface area contributed by atoms with Crippen molar-refractivity contribution in [2.24, 2.45) is 10.9 Å². The number of guanidine groups is 1. The van der Waals surface area contributed by atoms with Crippen LogP contribution in [0.2, 0.25) is 0 Å². The van der Waals surface area contributed by atoms with Crippen molar-refractivity contribution in [1.82, 2.24) is 25.3 Å². The van der Waals surface area contributed by atoms with Gasteiger partial charge >= 0.3 is 0 Å². The van der Waals surface area contributed by atoms with Crippen LogP contribution in [0.25, 0.3) is 0 Å². The highest BCUT2D eigenvalue weighted by Gasteiger charge is 2.24. The van der Waals surface area contributed by atoms with Gasteiger partial charge in [0.25, 0.3) is 0 Å². The van der Waals surface area contributed by atoms with Gasteiger partial charge in [0.15, 0.2) is 5.96 Å². The van der Waals surface area contributed by atoms with Gasteiger partial charge in [-0.3, -0.25) is 14.8 Å². The SMILES string of the molecule is CCNC(=NCC(C)N1CCN(C)CC1)NCC(C(C)C)N1CCOCC1.I. The van der Waals surface area contributed by atoms with E-state index in [0.29, 0.717) is 18.0 Å². The maximum Gasteiger partial charge on any atom is 0.191 e. The van der Waals surface area contributed by atoms with Crippen LogP contribution < -0.4 is 10.6 Å². The number of likely N-dealkylation sites (N-methyl/N-ethyl adjacent to an activating group) is 1. The number of hydrogen-bond acceptors (Lipinski definition) is 5. The Morgan fingerprint density at radius 3 is 2.18 bits per heavy atom. The van der Waals surface area contributed by atoms with E-state index in [-0.39, 0.29) is 24.0 Å². The fourth-order valence-electron chi connectivity index (χ4n) is 3.84. The molecule has 2 aliphatic heterocycles. The van der Waals surface area contributed by atoms with Gasteiger partial charge in [0.05, 0.1) is 19.8 Å². The summed E-state index contributed by atoms with van der Waals surface area (Å²) in [6.45, 7) is 20.0. The molecule has 7 nitrogen and oxygen atoms in total. The number of piperazine rings is 1. The molecule has 0 amide bonds. The monoisotopic (exact) mass is 510 g/mol. The lowest BCUT2D eigenvalue weighted by Crippen LogP contribution is -2.53. The van der Waals surface area contributed by atoms with Crippen molar-refractivity contribution >= 4 is 29.9 Å². The molecule has 0 saturated carbocycles. The minimum atomic E-state index is 0. The summed E-state index contributed by atoms with van der Waals surface area (Å²) < 4.78 is 5.52. The highest BCUT2D eigenvalue weighted by atomic mass is 127. The highest BCUT2D eigenvalue weighted by molar-refractivity contribution is 14.0. The largest absolute Gasteiger partial charge is 0.379 e. The lowest BCUT2D eigenvalue weighted by molar-refractivity contribution is 0.00752. The van der Waals surface area contributed by atoms with Crippen LogP contribution in [0.3, 0.4) is 0 Å². The first-order valence-electron chi connectivity index (χ1n) is 10.8. The molecular formula is C20H43IN6O. The Labute approximate surface area is 189 Å². The number of hydrogen-bond donors (Lipinski definition) is 2. The van der Waals surface area contributed by atoms with Crippen LogP contribution in [0.5, 0.6) is 0 Å². The van der Waals surface area contributed by atoms with E-state index in [1.54, 1.807) is 0 Å². The van der Waals surface area contributed by atoms with Crippen LogP contribution in [0.4, 0.5) is 0 Å². The molecule has 28 heavy (non-hydrogen) atoms. The number of rotatable bonds is 8. The van der Waals surface area contributed by atoms with Crippen molar-refractivity contribution in [3.8, 4) is 0 Å². The molecule has 2 unspecified atom stereocenters. The molecule has 0 aromatic rings. The molecule has 2 heterocycles. The van der Waals surface area contributed by atoms with E-state index < -0.39 is 0 Å². The Balaban J connectivity index is 0.00000392. The van der Waals surface area contributed by atoms with Crippen molar-refractivity contribution in [1.29, 1.82) is 0 Å². The molecule has 0 aromatic heterocycles. The summed E-state index contributed by atoms with van der Waals surface area (Å²) in [6.07, 6.45) is 0. The standard InChI is InChI=1S/C20H42N6O.HI/c1-6-21-20(22-15-18(4)25-9-7-24(5)8-10-25)23-16-19(17(2)3)26-11-13-27-14-12-26;/h17-19H,6-16H2,1-5H3,(H2,21,22,23);1H. The lowest BCUT2D eigenvalue weighted by Gasteiger charge is -2.37. The van der Waals surface area contributed by atoms with Crippen molar-refractivity contribution in [3.05, 3.63) is 0 Å². The second-order valence-corrected chi connectivity index (χ2v) is 8.25. The van der Waals surface area contributed by atoms with Gasteiger partial charge in [-0.1, -0.05) is 13.8 Å². The predicted octanol–water partition coefficient (Wildman–Crippen LogP) is 1.15. The van der Waals surface area contributed by atoms with Gasteiger partial charge in [-0.25, -0.2) is 0 Å². The first-order chi connectivity index (χ1) is 13.0. The summed E-state index contributed by atoms with van der Waals surface area (Å²) >= 11 is 0. The maximum atomic E-state index is 5.52. The Morgan fingerprint density at radius 1 is 0.964 bits per heavy atom. The van der Waals surface area contributed by atoms with Gasteiger partial charge in [-0.15, -0.1) is 24.0 Å². The first kappa shape index (κ1) is 25.9. The smallest absolute Gasteiger partial charge is 0.191 e. The number of nitrogens with zero attached hydrogens (tertiary/aromatic N) is 4. The summed E-state index contributed by atoms with van der Waals surface area (Å²) in [5.74, 6) is 1.54. The second kappa shape index (κ2) is 14.0. The van der Waals surface area contributed by atoms with Crippen LogP contribution >= 0.6 is 24.0 Å². The van der Waals surface area contributed by atoms with Crippen LogP contribution in [-0.2, 0) is 4.74 Å². The number of nitrogens with one attached hydrogen (secondary N) is 2. The second-order valence-electron chi connectivity index (χ2n) is 8.25. The Hall–Kier alpha value is -0.160. The van der Waals surface area contributed by atoms with Gasteiger partial charge in [-0.05, 0) is 26.8 Å². The van der Waals surface area contributed by atoms with E-state index in [4.69, 9.17) is 9.73 Å². The molecule has 0 aliphatic carbocycles. The number of morpholine rings is 1. The summed E-state index contributed by atoms with van der Waals surface area (Å²) in [6, 6.07) is 0.988. The molecule has 0 aromatic carbocycles. The third-order valence-corrected chi connectivity index (χ3v) is 5.78. The Kier molecular flexibility index (Phi) is 12.9. The summed E-state index contributed by atoms with van der Waals surface area (Å²) in [7, 11) is 2.20. The lowest BCUT2D eigenvalue weighted by atomic mass is 10.0. The van der Waals surface area contributed by atoms with E-state index in [1.807, 2.05) is 0 Å². The van der Waals surface area contributed by atoms with Crippen molar-refractivity contribution in [2.75, 3.05) is 79.2 Å². The quantitative estimate of drug-likeness (QED) is 0.291. The van der Waals surface area contributed by atoms with E-state index in [1.165, 1.54) is 0 Å². The number of aliphatic imine (C=N–C) groups is 1. The van der Waals surface area contributed by atoms with E-state index in [0.717, 1.165) is 78.1 Å². The van der Waals surface area contributed by atoms with Gasteiger partial charge in [0, 0.05) is 64.4 Å².